The number of carbonyl (C=O) groups excluding carboxylic acids is 1. The summed E-state index contributed by atoms with van der Waals surface area (Å²) in [6, 6.07) is 14.2. The first kappa shape index (κ1) is 13.2. The third kappa shape index (κ3) is 2.71. The van der Waals surface area contributed by atoms with Gasteiger partial charge in [0.25, 0.3) is 5.91 Å². The highest BCUT2D eigenvalue weighted by Crippen LogP contribution is 2.24. The summed E-state index contributed by atoms with van der Waals surface area (Å²) in [5, 5.41) is 4.19. The van der Waals surface area contributed by atoms with Crippen LogP contribution < -0.4 is 5.32 Å². The first-order valence-electron chi connectivity index (χ1n) is 5.88. The van der Waals surface area contributed by atoms with Gasteiger partial charge in [-0.15, -0.1) is 0 Å². The lowest BCUT2D eigenvalue weighted by Gasteiger charge is -2.02. The van der Waals surface area contributed by atoms with E-state index in [1.54, 1.807) is 24.3 Å². The maximum Gasteiger partial charge on any atom is 0.291 e. The molecule has 0 spiro atoms. The lowest BCUT2D eigenvalue weighted by molar-refractivity contribution is 0.0998. The number of benzene rings is 2. The van der Waals surface area contributed by atoms with Gasteiger partial charge in [-0.05, 0) is 48.5 Å². The molecule has 3 aromatic rings. The van der Waals surface area contributed by atoms with Crippen molar-refractivity contribution in [2.75, 3.05) is 5.32 Å². The van der Waals surface area contributed by atoms with Crippen molar-refractivity contribution in [1.29, 1.82) is 0 Å². The second-order valence-corrected chi connectivity index (χ2v) is 5.61. The van der Waals surface area contributed by atoms with E-state index in [-0.39, 0.29) is 11.7 Å². The molecule has 1 amide bonds. The summed E-state index contributed by atoms with van der Waals surface area (Å²) in [4.78, 5) is 12.1. The van der Waals surface area contributed by atoms with Crippen LogP contribution in [-0.2, 0) is 0 Å². The number of anilines is 1. The van der Waals surface area contributed by atoms with Crippen molar-refractivity contribution in [1.82, 2.24) is 0 Å². The van der Waals surface area contributed by atoms with E-state index >= 15 is 0 Å². The third-order valence-corrected chi connectivity index (χ3v) is 3.57. The first-order chi connectivity index (χ1) is 9.61. The number of halogens is 2. The van der Waals surface area contributed by atoms with Crippen LogP contribution in [0.5, 0.6) is 0 Å². The Labute approximate surface area is 128 Å². The minimum Gasteiger partial charge on any atom is -0.451 e. The van der Waals surface area contributed by atoms with Crippen molar-refractivity contribution in [2.45, 2.75) is 0 Å². The molecule has 0 saturated heterocycles. The zero-order valence-corrected chi connectivity index (χ0v) is 12.5. The molecule has 100 valence electrons. The van der Waals surface area contributed by atoms with Crippen molar-refractivity contribution in [2.24, 2.45) is 0 Å². The van der Waals surface area contributed by atoms with Crippen LogP contribution in [-0.4, -0.2) is 5.91 Å². The molecule has 0 aliphatic rings. The molecule has 3 rings (SSSR count). The number of nitrogens with one attached hydrogen (secondary N) is 1. The van der Waals surface area contributed by atoms with Crippen LogP contribution in [0.2, 0.25) is 5.02 Å². The van der Waals surface area contributed by atoms with Crippen LogP contribution in [0.3, 0.4) is 0 Å². The number of furan rings is 1. The highest BCUT2D eigenvalue weighted by atomic mass is 79.9. The standard InChI is InChI=1S/C15H9BrClNO2/c16-10-1-4-12(5-2-10)18-15(19)14-8-9-7-11(17)3-6-13(9)20-14/h1-8H,(H,18,19). The number of amides is 1. The molecule has 3 nitrogen and oxygen atoms in total. The fraction of sp³-hybridized carbons (Fsp3) is 0. The number of hydrogen-bond donors (Lipinski definition) is 1. The normalized spacial score (nSPS) is 10.7. The van der Waals surface area contributed by atoms with Crippen molar-refractivity contribution in [3.05, 3.63) is 63.8 Å². The summed E-state index contributed by atoms with van der Waals surface area (Å²) in [6.07, 6.45) is 0. The maximum atomic E-state index is 12.1. The van der Waals surface area contributed by atoms with Gasteiger partial charge in [-0.3, -0.25) is 4.79 Å². The van der Waals surface area contributed by atoms with Gasteiger partial charge in [0.1, 0.15) is 5.58 Å². The van der Waals surface area contributed by atoms with E-state index in [0.717, 1.165) is 9.86 Å². The van der Waals surface area contributed by atoms with Crippen LogP contribution in [0.1, 0.15) is 10.6 Å². The van der Waals surface area contributed by atoms with E-state index in [9.17, 15) is 4.79 Å². The second-order valence-electron chi connectivity index (χ2n) is 4.25. The van der Waals surface area contributed by atoms with Gasteiger partial charge in [-0.1, -0.05) is 27.5 Å². The van der Waals surface area contributed by atoms with E-state index in [1.807, 2.05) is 24.3 Å². The lowest BCUT2D eigenvalue weighted by Crippen LogP contribution is -2.10. The largest absolute Gasteiger partial charge is 0.451 e. The molecule has 0 atom stereocenters. The Balaban J connectivity index is 1.86. The van der Waals surface area contributed by atoms with E-state index < -0.39 is 0 Å². The van der Waals surface area contributed by atoms with Crippen molar-refractivity contribution < 1.29 is 9.21 Å². The summed E-state index contributed by atoms with van der Waals surface area (Å²) in [6.45, 7) is 0. The Bertz CT molecular complexity index is 780. The Morgan fingerprint density at radius 1 is 1.10 bits per heavy atom. The monoisotopic (exact) mass is 349 g/mol. The fourth-order valence-corrected chi connectivity index (χ4v) is 2.30. The molecular formula is C15H9BrClNO2. The molecule has 0 aliphatic heterocycles. The zero-order valence-electron chi connectivity index (χ0n) is 10.2. The Morgan fingerprint density at radius 2 is 1.85 bits per heavy atom. The SMILES string of the molecule is O=C(Nc1ccc(Br)cc1)c1cc2cc(Cl)ccc2o1. The maximum absolute atomic E-state index is 12.1. The molecular weight excluding hydrogens is 342 g/mol. The van der Waals surface area contributed by atoms with E-state index in [4.69, 9.17) is 16.0 Å². The number of rotatable bonds is 2. The predicted octanol–water partition coefficient (Wildman–Crippen LogP) is 5.10. The molecule has 20 heavy (non-hydrogen) atoms. The smallest absolute Gasteiger partial charge is 0.291 e. The molecule has 1 N–H and O–H groups in total. The van der Waals surface area contributed by atoms with E-state index in [0.29, 0.717) is 16.3 Å². The average Bonchev–Trinajstić information content (AvgIpc) is 2.84. The van der Waals surface area contributed by atoms with Crippen LogP contribution >= 0.6 is 27.5 Å². The molecule has 0 unspecified atom stereocenters. The van der Waals surface area contributed by atoms with Crippen molar-refractivity contribution >= 4 is 50.1 Å². The highest BCUT2D eigenvalue weighted by Gasteiger charge is 2.12. The summed E-state index contributed by atoms with van der Waals surface area (Å²) < 4.78 is 6.45. The van der Waals surface area contributed by atoms with E-state index in [2.05, 4.69) is 21.2 Å². The van der Waals surface area contributed by atoms with Gasteiger partial charge in [0.15, 0.2) is 5.76 Å². The molecule has 0 saturated carbocycles. The lowest BCUT2D eigenvalue weighted by atomic mass is 10.2. The van der Waals surface area contributed by atoms with Gasteiger partial charge >= 0.3 is 0 Å². The molecule has 1 aromatic heterocycles. The van der Waals surface area contributed by atoms with Gasteiger partial charge in [0.2, 0.25) is 0 Å². The molecule has 2 aromatic carbocycles. The third-order valence-electron chi connectivity index (χ3n) is 2.80. The molecule has 1 heterocycles. The van der Waals surface area contributed by atoms with Gasteiger partial charge in [-0.25, -0.2) is 0 Å². The highest BCUT2D eigenvalue weighted by molar-refractivity contribution is 9.10. The van der Waals surface area contributed by atoms with Crippen molar-refractivity contribution in [3.8, 4) is 0 Å². The van der Waals surface area contributed by atoms with Gasteiger partial charge < -0.3 is 9.73 Å². The van der Waals surface area contributed by atoms with Crippen LogP contribution in [0.4, 0.5) is 5.69 Å². The Kier molecular flexibility index (Phi) is 3.51. The van der Waals surface area contributed by atoms with Crippen LogP contribution in [0.15, 0.2) is 57.4 Å². The quantitative estimate of drug-likeness (QED) is 0.698. The summed E-state index contributed by atoms with van der Waals surface area (Å²) in [7, 11) is 0. The summed E-state index contributed by atoms with van der Waals surface area (Å²) in [5.41, 5.74) is 1.34. The molecule has 0 bridgehead atoms. The number of hydrogen-bond acceptors (Lipinski definition) is 2. The Morgan fingerprint density at radius 3 is 2.60 bits per heavy atom. The second kappa shape index (κ2) is 5.31. The summed E-state index contributed by atoms with van der Waals surface area (Å²) in [5.74, 6) is -0.0372. The number of fused-ring (bicyclic) bond motifs is 1. The van der Waals surface area contributed by atoms with Crippen LogP contribution in [0.25, 0.3) is 11.0 Å². The minimum absolute atomic E-state index is 0.255. The average molecular weight is 351 g/mol. The number of carbonyl (C=O) groups is 1. The predicted molar refractivity (Wildman–Crippen MR) is 83.3 cm³/mol. The fourth-order valence-electron chi connectivity index (χ4n) is 1.85. The molecule has 0 aliphatic carbocycles. The van der Waals surface area contributed by atoms with Crippen LogP contribution in [0, 0.1) is 0 Å². The first-order valence-corrected chi connectivity index (χ1v) is 7.05. The topological polar surface area (TPSA) is 42.2 Å². The van der Waals surface area contributed by atoms with Gasteiger partial charge in [0, 0.05) is 20.6 Å². The molecule has 5 heteroatoms. The van der Waals surface area contributed by atoms with Gasteiger partial charge in [0.05, 0.1) is 0 Å². The summed E-state index contributed by atoms with van der Waals surface area (Å²) >= 11 is 9.25. The molecule has 0 fully saturated rings. The van der Waals surface area contributed by atoms with Gasteiger partial charge in [-0.2, -0.15) is 0 Å². The zero-order chi connectivity index (χ0) is 14.1. The van der Waals surface area contributed by atoms with Crippen molar-refractivity contribution in [3.63, 3.8) is 0 Å². The minimum atomic E-state index is -0.292. The molecule has 0 radical (unpaired) electrons. The van der Waals surface area contributed by atoms with E-state index in [1.165, 1.54) is 0 Å². The Hall–Kier alpha value is -1.78.